The third-order valence-electron chi connectivity index (χ3n) is 6.49. The van der Waals surface area contributed by atoms with Crippen LogP contribution in [-0.2, 0) is 15.6 Å². The number of hydrogen-bond acceptors (Lipinski definition) is 2. The van der Waals surface area contributed by atoms with Crippen LogP contribution in [0.2, 0.25) is 0 Å². The van der Waals surface area contributed by atoms with Gasteiger partial charge in [-0.25, -0.2) is 4.79 Å². The molecule has 0 aliphatic heterocycles. The van der Waals surface area contributed by atoms with Gasteiger partial charge in [-0.3, -0.25) is 0 Å². The molecule has 2 unspecified atom stereocenters. The maximum absolute atomic E-state index is 12.3. The highest BCUT2D eigenvalue weighted by atomic mass is 16.4. The molecule has 0 amide bonds. The number of carbonyl (C=O) groups is 1. The van der Waals surface area contributed by atoms with E-state index in [-0.39, 0.29) is 5.57 Å². The van der Waals surface area contributed by atoms with E-state index in [1.807, 2.05) is 78.9 Å². The minimum atomic E-state index is -1.21. The van der Waals surface area contributed by atoms with Crippen LogP contribution in [0.25, 0.3) is 5.57 Å². The van der Waals surface area contributed by atoms with Crippen LogP contribution in [0, 0.1) is 0 Å². The molecule has 0 bridgehead atoms. The predicted octanol–water partition coefficient (Wildman–Crippen LogP) is 5.37. The molecule has 0 radical (unpaired) electrons. The normalized spacial score (nSPS) is 21.2. The molecule has 0 spiro atoms. The number of hydrogen-bond donors (Lipinski definition) is 2. The molecule has 0 saturated heterocycles. The number of aliphatic hydroxyl groups is 1. The first-order valence-corrected chi connectivity index (χ1v) is 10.4. The number of carboxylic acid groups (broad SMARTS) is 1. The molecule has 3 heteroatoms. The zero-order valence-electron chi connectivity index (χ0n) is 17.7. The fraction of sp³-hybridized carbons (Fsp3) is 0.179. The Morgan fingerprint density at radius 2 is 1.32 bits per heavy atom. The smallest absolute Gasteiger partial charge is 0.334 e. The number of benzene rings is 3. The Hall–Kier alpha value is -3.43. The van der Waals surface area contributed by atoms with E-state index in [1.165, 1.54) is 0 Å². The Morgan fingerprint density at radius 3 is 1.87 bits per heavy atom. The SMILES string of the molecule is CC(C)(c1ccccc1)C1(c2ccccc2)C=C(C(=O)O)C(O)C(c2ccccc2)=C1. The molecular formula is C28H26O3. The quantitative estimate of drug-likeness (QED) is 0.594. The van der Waals surface area contributed by atoms with Gasteiger partial charge in [0.2, 0.25) is 0 Å². The first-order chi connectivity index (χ1) is 14.9. The maximum atomic E-state index is 12.3. The van der Waals surface area contributed by atoms with Crippen LogP contribution in [0.4, 0.5) is 0 Å². The van der Waals surface area contributed by atoms with Crippen LogP contribution >= 0.6 is 0 Å². The van der Waals surface area contributed by atoms with Crippen LogP contribution in [0.15, 0.2) is 109 Å². The van der Waals surface area contributed by atoms with Gasteiger partial charge in [0.05, 0.1) is 5.57 Å². The van der Waals surface area contributed by atoms with Crippen molar-refractivity contribution in [1.82, 2.24) is 0 Å². The van der Waals surface area contributed by atoms with E-state index in [4.69, 9.17) is 0 Å². The average Bonchev–Trinajstić information content (AvgIpc) is 2.81. The first kappa shape index (κ1) is 20.8. The van der Waals surface area contributed by atoms with Crippen molar-refractivity contribution in [3.05, 3.63) is 125 Å². The highest BCUT2D eigenvalue weighted by molar-refractivity contribution is 5.95. The van der Waals surface area contributed by atoms with Crippen molar-refractivity contribution in [2.24, 2.45) is 0 Å². The molecule has 0 aromatic heterocycles. The van der Waals surface area contributed by atoms with Gasteiger partial charge in [-0.15, -0.1) is 0 Å². The lowest BCUT2D eigenvalue weighted by Gasteiger charge is -2.47. The van der Waals surface area contributed by atoms with Gasteiger partial charge in [0.25, 0.3) is 0 Å². The number of rotatable bonds is 5. The second-order valence-corrected chi connectivity index (χ2v) is 8.50. The Labute approximate surface area is 183 Å². The standard InChI is InChI=1S/C28H26O3/c1-27(2,21-14-8-4-9-15-21)28(22-16-10-5-11-17-22)18-23(20-12-6-3-7-13-20)25(29)24(19-28)26(30)31/h3-19,25,29H,1-2H3,(H,30,31). The highest BCUT2D eigenvalue weighted by Crippen LogP contribution is 2.51. The Morgan fingerprint density at radius 1 is 0.806 bits per heavy atom. The second-order valence-electron chi connectivity index (χ2n) is 8.50. The van der Waals surface area contributed by atoms with Crippen molar-refractivity contribution in [2.45, 2.75) is 30.8 Å². The second kappa shape index (κ2) is 8.01. The van der Waals surface area contributed by atoms with E-state index in [1.54, 1.807) is 6.08 Å². The van der Waals surface area contributed by atoms with Gasteiger partial charge in [0, 0.05) is 10.8 Å². The summed E-state index contributed by atoms with van der Waals surface area (Å²) in [6, 6.07) is 29.6. The highest BCUT2D eigenvalue weighted by Gasteiger charge is 2.48. The number of aliphatic hydroxyl groups excluding tert-OH is 1. The third-order valence-corrected chi connectivity index (χ3v) is 6.49. The Kier molecular flexibility index (Phi) is 5.38. The van der Waals surface area contributed by atoms with E-state index in [0.29, 0.717) is 5.57 Å². The molecular weight excluding hydrogens is 384 g/mol. The van der Waals surface area contributed by atoms with E-state index < -0.39 is 22.9 Å². The molecule has 0 fully saturated rings. The minimum Gasteiger partial charge on any atom is -0.478 e. The van der Waals surface area contributed by atoms with Gasteiger partial charge in [-0.1, -0.05) is 117 Å². The van der Waals surface area contributed by atoms with Crippen LogP contribution in [0.3, 0.4) is 0 Å². The van der Waals surface area contributed by atoms with Crippen molar-refractivity contribution < 1.29 is 15.0 Å². The van der Waals surface area contributed by atoms with Crippen LogP contribution < -0.4 is 0 Å². The third kappa shape index (κ3) is 3.51. The van der Waals surface area contributed by atoms with E-state index in [0.717, 1.165) is 16.7 Å². The topological polar surface area (TPSA) is 57.5 Å². The molecule has 1 aliphatic rings. The van der Waals surface area contributed by atoms with Gasteiger partial charge in [-0.2, -0.15) is 0 Å². The lowest BCUT2D eigenvalue weighted by atomic mass is 9.55. The number of allylic oxidation sites excluding steroid dienone is 2. The van der Waals surface area contributed by atoms with Crippen molar-refractivity contribution >= 4 is 11.5 Å². The molecule has 2 N–H and O–H groups in total. The number of carboxylic acids is 1. The molecule has 31 heavy (non-hydrogen) atoms. The van der Waals surface area contributed by atoms with Crippen molar-refractivity contribution in [2.75, 3.05) is 0 Å². The Balaban J connectivity index is 2.07. The maximum Gasteiger partial charge on any atom is 0.334 e. The molecule has 3 nitrogen and oxygen atoms in total. The molecule has 0 saturated carbocycles. The molecule has 3 aromatic carbocycles. The van der Waals surface area contributed by atoms with Gasteiger partial charge >= 0.3 is 5.97 Å². The van der Waals surface area contributed by atoms with Crippen LogP contribution in [-0.4, -0.2) is 22.3 Å². The van der Waals surface area contributed by atoms with E-state index in [9.17, 15) is 15.0 Å². The van der Waals surface area contributed by atoms with Gasteiger partial charge in [0.1, 0.15) is 6.10 Å². The van der Waals surface area contributed by atoms with Crippen molar-refractivity contribution in [3.8, 4) is 0 Å². The first-order valence-electron chi connectivity index (χ1n) is 10.4. The lowest BCUT2D eigenvalue weighted by Crippen LogP contribution is -2.46. The predicted molar refractivity (Wildman–Crippen MR) is 124 cm³/mol. The lowest BCUT2D eigenvalue weighted by molar-refractivity contribution is -0.133. The summed E-state index contributed by atoms with van der Waals surface area (Å²) in [4.78, 5) is 12.3. The number of aliphatic carboxylic acids is 1. The summed E-state index contributed by atoms with van der Waals surface area (Å²) in [5.41, 5.74) is 2.18. The van der Waals surface area contributed by atoms with Gasteiger partial charge in [0.15, 0.2) is 0 Å². The summed E-state index contributed by atoms with van der Waals surface area (Å²) in [6.07, 6.45) is 2.60. The summed E-state index contributed by atoms with van der Waals surface area (Å²) in [6.45, 7) is 4.25. The average molecular weight is 411 g/mol. The summed E-state index contributed by atoms with van der Waals surface area (Å²) in [5, 5.41) is 21.1. The molecule has 4 rings (SSSR count). The van der Waals surface area contributed by atoms with Crippen LogP contribution in [0.1, 0.15) is 30.5 Å². The molecule has 0 heterocycles. The summed E-state index contributed by atoms with van der Waals surface area (Å²) < 4.78 is 0. The Bertz CT molecular complexity index is 1130. The van der Waals surface area contributed by atoms with Crippen LogP contribution in [0.5, 0.6) is 0 Å². The zero-order chi connectivity index (χ0) is 22.1. The molecule has 1 aliphatic carbocycles. The molecule has 156 valence electrons. The fourth-order valence-electron chi connectivity index (χ4n) is 4.60. The summed E-state index contributed by atoms with van der Waals surface area (Å²) in [5.74, 6) is -1.11. The van der Waals surface area contributed by atoms with E-state index in [2.05, 4.69) is 32.1 Å². The molecule has 2 atom stereocenters. The summed E-state index contributed by atoms with van der Waals surface area (Å²) in [7, 11) is 0. The zero-order valence-corrected chi connectivity index (χ0v) is 17.7. The largest absolute Gasteiger partial charge is 0.478 e. The van der Waals surface area contributed by atoms with Gasteiger partial charge in [-0.05, 0) is 22.3 Å². The fourth-order valence-corrected chi connectivity index (χ4v) is 4.60. The monoisotopic (exact) mass is 410 g/mol. The minimum absolute atomic E-state index is 0.00536. The van der Waals surface area contributed by atoms with Crippen molar-refractivity contribution in [1.29, 1.82) is 0 Å². The van der Waals surface area contributed by atoms with E-state index >= 15 is 0 Å². The van der Waals surface area contributed by atoms with Crippen molar-refractivity contribution in [3.63, 3.8) is 0 Å². The van der Waals surface area contributed by atoms with Gasteiger partial charge < -0.3 is 10.2 Å². The molecule has 3 aromatic rings. The summed E-state index contributed by atoms with van der Waals surface area (Å²) >= 11 is 0.